The molecule has 0 unspecified atom stereocenters. The lowest BCUT2D eigenvalue weighted by Crippen LogP contribution is -2.27. The number of nitrogens with zero attached hydrogens (tertiary/aromatic N) is 1. The molecule has 0 saturated heterocycles. The van der Waals surface area contributed by atoms with Gasteiger partial charge < -0.3 is 9.30 Å². The lowest BCUT2D eigenvalue weighted by atomic mass is 9.96. The van der Waals surface area contributed by atoms with Crippen molar-refractivity contribution in [3.63, 3.8) is 0 Å². The van der Waals surface area contributed by atoms with Crippen molar-refractivity contribution in [2.24, 2.45) is 0 Å². The van der Waals surface area contributed by atoms with Gasteiger partial charge in [0.1, 0.15) is 0 Å². The van der Waals surface area contributed by atoms with Crippen LogP contribution in [0.1, 0.15) is 47.8 Å². The van der Waals surface area contributed by atoms with Crippen LogP contribution in [-0.4, -0.2) is 35.3 Å². The van der Waals surface area contributed by atoms with Crippen molar-refractivity contribution >= 4 is 34.3 Å². The number of ether oxygens (including phenoxy) is 1. The first-order valence-corrected chi connectivity index (χ1v) is 8.75. The van der Waals surface area contributed by atoms with Gasteiger partial charge in [0, 0.05) is 21.7 Å². The monoisotopic (exact) mass is 497 g/mol. The van der Waals surface area contributed by atoms with Gasteiger partial charge in [0.05, 0.1) is 12.3 Å². The zero-order chi connectivity index (χ0) is 19.7. The summed E-state index contributed by atoms with van der Waals surface area (Å²) in [6, 6.07) is 1.14. The van der Waals surface area contributed by atoms with E-state index in [-0.39, 0.29) is 13.0 Å². The molecule has 1 aromatic heterocycles. The highest BCUT2D eigenvalue weighted by atomic mass is 127. The molecule has 146 valence electrons. The lowest BCUT2D eigenvalue weighted by molar-refractivity contribution is -0.199. The molecule has 4 nitrogen and oxygen atoms in total. The van der Waals surface area contributed by atoms with Crippen LogP contribution in [0.25, 0.3) is 0 Å². The maximum absolute atomic E-state index is 12.8. The Morgan fingerprint density at radius 1 is 1.15 bits per heavy atom. The molecule has 1 atom stereocenters. The third-order valence-electron chi connectivity index (χ3n) is 4.08. The number of fused-ring (bicyclic) bond motifs is 1. The van der Waals surface area contributed by atoms with Crippen molar-refractivity contribution in [2.45, 2.75) is 50.5 Å². The maximum Gasteiger partial charge on any atom is 0.490 e. The molecule has 11 heteroatoms. The van der Waals surface area contributed by atoms with Gasteiger partial charge in [-0.25, -0.2) is 4.79 Å². The average molecular weight is 497 g/mol. The van der Waals surface area contributed by atoms with Crippen molar-refractivity contribution in [1.82, 2.24) is 4.57 Å². The van der Waals surface area contributed by atoms with Crippen molar-refractivity contribution < 1.29 is 40.7 Å². The standard InChI is InChI=1S/C15H14F6INO3/c16-14(17,18)12(24)10-7-9(22)11-8(3-1-2-5-23(10)11)4-6-26-13(25)15(19,20)21/h7-8H,1-6H2/t8-/m1/s1. The third kappa shape index (κ3) is 4.71. The van der Waals surface area contributed by atoms with E-state index in [0.29, 0.717) is 28.5 Å². The van der Waals surface area contributed by atoms with Crippen LogP contribution in [0.2, 0.25) is 0 Å². The lowest BCUT2D eigenvalue weighted by Gasteiger charge is -2.18. The summed E-state index contributed by atoms with van der Waals surface area (Å²) in [5, 5.41) is 0. The number of hydrogen-bond acceptors (Lipinski definition) is 3. The molecule has 0 spiro atoms. The molecule has 26 heavy (non-hydrogen) atoms. The van der Waals surface area contributed by atoms with Gasteiger partial charge in [-0.15, -0.1) is 0 Å². The Bertz CT molecular complexity index is 695. The van der Waals surface area contributed by atoms with E-state index in [9.17, 15) is 35.9 Å². The summed E-state index contributed by atoms with van der Waals surface area (Å²) < 4.78 is 80.8. The summed E-state index contributed by atoms with van der Waals surface area (Å²) in [4.78, 5) is 22.4. The van der Waals surface area contributed by atoms with Crippen molar-refractivity contribution in [2.75, 3.05) is 6.61 Å². The minimum atomic E-state index is -5.09. The van der Waals surface area contributed by atoms with Crippen LogP contribution in [-0.2, 0) is 16.1 Å². The van der Waals surface area contributed by atoms with Gasteiger partial charge in [-0.2, -0.15) is 26.3 Å². The fourth-order valence-electron chi connectivity index (χ4n) is 2.97. The number of halogens is 7. The fourth-order valence-corrected chi connectivity index (χ4v) is 4.00. The van der Waals surface area contributed by atoms with E-state index in [2.05, 4.69) is 4.74 Å². The Balaban J connectivity index is 2.22. The van der Waals surface area contributed by atoms with E-state index < -0.39 is 42.3 Å². The molecular weight excluding hydrogens is 483 g/mol. The van der Waals surface area contributed by atoms with Crippen LogP contribution in [0.3, 0.4) is 0 Å². The Hall–Kier alpha value is -1.27. The normalized spacial score (nSPS) is 18.2. The molecule has 0 saturated carbocycles. The summed E-state index contributed by atoms with van der Waals surface area (Å²) in [7, 11) is 0. The molecule has 1 aromatic rings. The van der Waals surface area contributed by atoms with E-state index in [4.69, 9.17) is 0 Å². The van der Waals surface area contributed by atoms with E-state index >= 15 is 0 Å². The molecular formula is C15H14F6INO3. The summed E-state index contributed by atoms with van der Waals surface area (Å²) >= 11 is 1.81. The average Bonchev–Trinajstić information content (AvgIpc) is 2.69. The van der Waals surface area contributed by atoms with Crippen molar-refractivity contribution in [1.29, 1.82) is 0 Å². The smallest absolute Gasteiger partial charge is 0.459 e. The molecule has 2 rings (SSSR count). The predicted octanol–water partition coefficient (Wildman–Crippen LogP) is 4.60. The van der Waals surface area contributed by atoms with Gasteiger partial charge in [0.2, 0.25) is 0 Å². The molecule has 0 amide bonds. The minimum Gasteiger partial charge on any atom is -0.459 e. The molecule has 0 aliphatic carbocycles. The number of aromatic nitrogens is 1. The predicted molar refractivity (Wildman–Crippen MR) is 85.8 cm³/mol. The Labute approximate surface area is 158 Å². The van der Waals surface area contributed by atoms with Crippen LogP contribution in [0.5, 0.6) is 0 Å². The first-order valence-electron chi connectivity index (χ1n) is 7.67. The Morgan fingerprint density at radius 2 is 1.81 bits per heavy atom. The summed E-state index contributed by atoms with van der Waals surface area (Å²) in [5.41, 5.74) is -0.00477. The van der Waals surface area contributed by atoms with Gasteiger partial charge in [0.15, 0.2) is 0 Å². The van der Waals surface area contributed by atoms with Crippen LogP contribution in [0.15, 0.2) is 6.07 Å². The molecule has 0 bridgehead atoms. The van der Waals surface area contributed by atoms with Gasteiger partial charge in [0.25, 0.3) is 5.78 Å². The zero-order valence-electron chi connectivity index (χ0n) is 13.2. The minimum absolute atomic E-state index is 0.0292. The number of rotatable bonds is 4. The number of hydrogen-bond donors (Lipinski definition) is 0. The van der Waals surface area contributed by atoms with Crippen LogP contribution in [0.4, 0.5) is 26.3 Å². The summed E-state index contributed by atoms with van der Waals surface area (Å²) in [5.74, 6) is -4.66. The molecule has 0 fully saturated rings. The van der Waals surface area contributed by atoms with Crippen LogP contribution >= 0.6 is 22.6 Å². The summed E-state index contributed by atoms with van der Waals surface area (Å²) in [6.45, 7) is -0.291. The molecule has 1 aliphatic heterocycles. The second-order valence-corrected chi connectivity index (χ2v) is 7.02. The first-order chi connectivity index (χ1) is 11.9. The van der Waals surface area contributed by atoms with Gasteiger partial charge in [-0.3, -0.25) is 4.79 Å². The van der Waals surface area contributed by atoms with Crippen molar-refractivity contribution in [3.8, 4) is 0 Å². The third-order valence-corrected chi connectivity index (χ3v) is 4.95. The van der Waals surface area contributed by atoms with Gasteiger partial charge in [-0.1, -0.05) is 6.42 Å². The highest BCUT2D eigenvalue weighted by molar-refractivity contribution is 14.1. The number of alkyl halides is 6. The highest BCUT2D eigenvalue weighted by Crippen LogP contribution is 2.36. The second kappa shape index (κ2) is 7.77. The fraction of sp³-hybridized carbons (Fsp3) is 0.600. The molecule has 2 heterocycles. The second-order valence-electron chi connectivity index (χ2n) is 5.86. The maximum atomic E-state index is 12.8. The molecule has 0 N–H and O–H groups in total. The number of ketones is 1. The highest BCUT2D eigenvalue weighted by Gasteiger charge is 2.43. The Morgan fingerprint density at radius 3 is 2.38 bits per heavy atom. The molecule has 1 aliphatic rings. The quantitative estimate of drug-likeness (QED) is 0.265. The van der Waals surface area contributed by atoms with Crippen molar-refractivity contribution in [3.05, 3.63) is 21.0 Å². The van der Waals surface area contributed by atoms with Crippen LogP contribution in [0, 0.1) is 3.57 Å². The summed E-state index contributed by atoms with van der Waals surface area (Å²) in [6.07, 6.45) is -8.39. The zero-order valence-corrected chi connectivity index (χ0v) is 15.4. The first kappa shape index (κ1) is 21.0. The number of Topliss-reactive ketones (excluding diaryl/α,β-unsaturated/α-hetero) is 1. The number of carbonyl (C=O) groups is 2. The van der Waals surface area contributed by atoms with E-state index in [0.717, 1.165) is 6.07 Å². The topological polar surface area (TPSA) is 48.3 Å². The molecule has 0 radical (unpaired) electrons. The number of esters is 1. The van der Waals surface area contributed by atoms with Crippen LogP contribution < -0.4 is 0 Å². The van der Waals surface area contributed by atoms with E-state index in [1.165, 1.54) is 4.57 Å². The Kier molecular flexibility index (Phi) is 6.28. The molecule has 0 aromatic carbocycles. The SMILES string of the molecule is O=C(OCC[C@H]1CCCCn2c(C(=O)C(F)(F)F)cc(I)c21)C(F)(F)F. The van der Waals surface area contributed by atoms with E-state index in [1.807, 2.05) is 22.6 Å². The van der Waals surface area contributed by atoms with E-state index in [1.54, 1.807) is 0 Å². The largest absolute Gasteiger partial charge is 0.490 e. The van der Waals surface area contributed by atoms with Gasteiger partial charge >= 0.3 is 18.3 Å². The number of carbonyl (C=O) groups excluding carboxylic acids is 2. The van der Waals surface area contributed by atoms with Gasteiger partial charge in [-0.05, 0) is 47.9 Å².